The minimum absolute atomic E-state index is 0.126. The minimum Gasteiger partial charge on any atom is -0.461 e. The van der Waals surface area contributed by atoms with Crippen LogP contribution in [0.3, 0.4) is 0 Å². The van der Waals surface area contributed by atoms with Crippen LogP contribution >= 0.6 is 11.3 Å². The number of anilines is 1. The average molecular weight is 495 g/mol. The standard InChI is InChI=1S/C27H27FN2O4S/c1-16-4-9-20-22(15-16)35-26(23(20)24(31)21-3-2-14-34-21)29-25(32)17-10-12-30(13-11-17)27(33)18-5-7-19(28)8-6-18/h2-3,5-8,14,16-17H,4,9-13,15H2,1H3,(H,29,32). The molecule has 0 spiro atoms. The molecular weight excluding hydrogens is 467 g/mol. The molecule has 1 N–H and O–H groups in total. The van der Waals surface area contributed by atoms with Crippen molar-refractivity contribution in [2.24, 2.45) is 11.8 Å². The fourth-order valence-electron chi connectivity index (χ4n) is 4.94. The molecule has 2 aliphatic rings. The van der Waals surface area contributed by atoms with E-state index in [0.29, 0.717) is 48.0 Å². The number of furan rings is 1. The molecule has 2 aromatic heterocycles. The van der Waals surface area contributed by atoms with Crippen molar-refractivity contribution in [2.75, 3.05) is 18.4 Å². The quantitative estimate of drug-likeness (QED) is 0.487. The highest BCUT2D eigenvalue weighted by atomic mass is 32.1. The van der Waals surface area contributed by atoms with E-state index in [0.717, 1.165) is 29.7 Å². The molecule has 1 aromatic carbocycles. The zero-order chi connectivity index (χ0) is 24.5. The lowest BCUT2D eigenvalue weighted by atomic mass is 9.87. The Balaban J connectivity index is 1.29. The van der Waals surface area contributed by atoms with Crippen LogP contribution in [-0.4, -0.2) is 35.6 Å². The summed E-state index contributed by atoms with van der Waals surface area (Å²) in [5, 5.41) is 3.65. The number of fused-ring (bicyclic) bond motifs is 1. The Hall–Kier alpha value is -3.26. The highest BCUT2D eigenvalue weighted by Gasteiger charge is 2.32. The van der Waals surface area contributed by atoms with Gasteiger partial charge in [0.25, 0.3) is 5.91 Å². The Morgan fingerprint density at radius 3 is 2.51 bits per heavy atom. The van der Waals surface area contributed by atoms with Crippen molar-refractivity contribution < 1.29 is 23.2 Å². The van der Waals surface area contributed by atoms with E-state index in [9.17, 15) is 18.8 Å². The van der Waals surface area contributed by atoms with E-state index in [1.807, 2.05) is 0 Å². The number of halogens is 1. The molecule has 6 nitrogen and oxygen atoms in total. The van der Waals surface area contributed by atoms with Crippen LogP contribution in [0.4, 0.5) is 9.39 Å². The number of hydrogen-bond donors (Lipinski definition) is 1. The number of carbonyl (C=O) groups excluding carboxylic acids is 3. The third-order valence-electron chi connectivity index (χ3n) is 6.96. The topological polar surface area (TPSA) is 79.6 Å². The van der Waals surface area contributed by atoms with E-state index in [-0.39, 0.29) is 35.1 Å². The molecule has 8 heteroatoms. The summed E-state index contributed by atoms with van der Waals surface area (Å²) in [6, 6.07) is 8.85. The van der Waals surface area contributed by atoms with Gasteiger partial charge < -0.3 is 14.6 Å². The molecule has 0 saturated carbocycles. The maximum atomic E-state index is 13.3. The molecule has 1 saturated heterocycles. The zero-order valence-corrected chi connectivity index (χ0v) is 20.3. The molecular formula is C27H27FN2O4S. The lowest BCUT2D eigenvalue weighted by Crippen LogP contribution is -2.41. The molecule has 1 atom stereocenters. The number of rotatable bonds is 5. The van der Waals surface area contributed by atoms with E-state index in [4.69, 9.17) is 4.42 Å². The van der Waals surface area contributed by atoms with Crippen LogP contribution in [0.1, 0.15) is 63.1 Å². The zero-order valence-electron chi connectivity index (χ0n) is 19.5. The fraction of sp³-hybridized carbons (Fsp3) is 0.370. The first-order valence-corrected chi connectivity index (χ1v) is 12.8. The molecule has 3 aromatic rings. The van der Waals surface area contributed by atoms with Crippen LogP contribution in [-0.2, 0) is 17.6 Å². The Labute approximate surface area is 207 Å². The Kier molecular flexibility index (Phi) is 6.56. The summed E-state index contributed by atoms with van der Waals surface area (Å²) < 4.78 is 18.5. The van der Waals surface area contributed by atoms with E-state index in [1.165, 1.54) is 41.9 Å². The molecule has 0 bridgehead atoms. The molecule has 182 valence electrons. The first-order chi connectivity index (χ1) is 16.9. The molecule has 1 aliphatic carbocycles. The molecule has 35 heavy (non-hydrogen) atoms. The highest BCUT2D eigenvalue weighted by Crippen LogP contribution is 2.41. The van der Waals surface area contributed by atoms with Gasteiger partial charge >= 0.3 is 0 Å². The van der Waals surface area contributed by atoms with Crippen LogP contribution in [0.2, 0.25) is 0 Å². The van der Waals surface area contributed by atoms with Gasteiger partial charge in [-0.3, -0.25) is 14.4 Å². The first-order valence-electron chi connectivity index (χ1n) is 12.0. The number of hydrogen-bond acceptors (Lipinski definition) is 5. The summed E-state index contributed by atoms with van der Waals surface area (Å²) in [5.74, 6) is -0.304. The largest absolute Gasteiger partial charge is 0.461 e. The molecule has 1 aliphatic heterocycles. The normalized spacial score (nSPS) is 18.2. The SMILES string of the molecule is CC1CCc2c(sc(NC(=O)C3CCN(C(=O)c4ccc(F)cc4)CC3)c2C(=O)c2ccco2)C1. The van der Waals surface area contributed by atoms with Gasteiger partial charge in [-0.1, -0.05) is 6.92 Å². The maximum Gasteiger partial charge on any atom is 0.253 e. The number of nitrogens with one attached hydrogen (secondary N) is 1. The second kappa shape index (κ2) is 9.77. The fourth-order valence-corrected chi connectivity index (χ4v) is 6.35. The van der Waals surface area contributed by atoms with Crippen molar-refractivity contribution in [1.29, 1.82) is 0 Å². The number of likely N-dealkylation sites (tertiary alicyclic amines) is 1. The number of ketones is 1. The molecule has 1 fully saturated rings. The van der Waals surface area contributed by atoms with Crippen LogP contribution in [0.5, 0.6) is 0 Å². The summed E-state index contributed by atoms with van der Waals surface area (Å²) in [6.45, 7) is 3.10. The van der Waals surface area contributed by atoms with E-state index in [1.54, 1.807) is 17.0 Å². The summed E-state index contributed by atoms with van der Waals surface area (Å²) in [5.41, 5.74) is 2.03. The van der Waals surface area contributed by atoms with Gasteiger partial charge in [-0.2, -0.15) is 0 Å². The van der Waals surface area contributed by atoms with Gasteiger partial charge in [0, 0.05) is 29.4 Å². The van der Waals surface area contributed by atoms with E-state index >= 15 is 0 Å². The first kappa shape index (κ1) is 23.5. The summed E-state index contributed by atoms with van der Waals surface area (Å²) in [7, 11) is 0. The third kappa shape index (κ3) is 4.80. The second-order valence-electron chi connectivity index (χ2n) is 9.42. The van der Waals surface area contributed by atoms with Crippen molar-refractivity contribution in [3.05, 3.63) is 75.8 Å². The van der Waals surface area contributed by atoms with Crippen molar-refractivity contribution in [2.45, 2.75) is 39.0 Å². The van der Waals surface area contributed by atoms with Crippen LogP contribution in [0.25, 0.3) is 0 Å². The van der Waals surface area contributed by atoms with Crippen molar-refractivity contribution in [3.63, 3.8) is 0 Å². The molecule has 3 heterocycles. The van der Waals surface area contributed by atoms with Gasteiger partial charge in [-0.05, 0) is 80.0 Å². The molecule has 0 radical (unpaired) electrons. The summed E-state index contributed by atoms with van der Waals surface area (Å²) in [6.07, 6.45) is 5.26. The van der Waals surface area contributed by atoms with Crippen molar-refractivity contribution in [3.8, 4) is 0 Å². The predicted molar refractivity (Wildman–Crippen MR) is 131 cm³/mol. The number of piperidine rings is 1. The number of carbonyl (C=O) groups is 3. The predicted octanol–water partition coefficient (Wildman–Crippen LogP) is 5.33. The van der Waals surface area contributed by atoms with Gasteiger partial charge in [0.15, 0.2) is 5.76 Å². The second-order valence-corrected chi connectivity index (χ2v) is 10.5. The van der Waals surface area contributed by atoms with Crippen molar-refractivity contribution >= 4 is 33.9 Å². The average Bonchev–Trinajstić information content (AvgIpc) is 3.52. The molecule has 2 amide bonds. The number of benzene rings is 1. The lowest BCUT2D eigenvalue weighted by molar-refractivity contribution is -0.121. The maximum absolute atomic E-state index is 13.3. The number of thiophene rings is 1. The Bertz CT molecular complexity index is 1240. The highest BCUT2D eigenvalue weighted by molar-refractivity contribution is 7.17. The molecule has 1 unspecified atom stereocenters. The van der Waals surface area contributed by atoms with Gasteiger partial charge in [-0.15, -0.1) is 11.3 Å². The van der Waals surface area contributed by atoms with Gasteiger partial charge in [0.1, 0.15) is 10.8 Å². The smallest absolute Gasteiger partial charge is 0.253 e. The van der Waals surface area contributed by atoms with Gasteiger partial charge in [-0.25, -0.2) is 4.39 Å². The van der Waals surface area contributed by atoms with E-state index < -0.39 is 0 Å². The monoisotopic (exact) mass is 494 g/mol. The minimum atomic E-state index is -0.383. The van der Waals surface area contributed by atoms with E-state index in [2.05, 4.69) is 12.2 Å². The van der Waals surface area contributed by atoms with Crippen LogP contribution < -0.4 is 5.32 Å². The third-order valence-corrected chi connectivity index (χ3v) is 8.13. The van der Waals surface area contributed by atoms with Gasteiger partial charge in [0.2, 0.25) is 11.7 Å². The van der Waals surface area contributed by atoms with Gasteiger partial charge in [0.05, 0.1) is 11.8 Å². The summed E-state index contributed by atoms with van der Waals surface area (Å²) in [4.78, 5) is 42.0. The lowest BCUT2D eigenvalue weighted by Gasteiger charge is -2.31. The summed E-state index contributed by atoms with van der Waals surface area (Å²) >= 11 is 1.50. The Morgan fingerprint density at radius 1 is 1.09 bits per heavy atom. The number of amides is 2. The van der Waals surface area contributed by atoms with Crippen LogP contribution in [0, 0.1) is 17.7 Å². The van der Waals surface area contributed by atoms with Crippen molar-refractivity contribution in [1.82, 2.24) is 4.90 Å². The number of nitrogens with zero attached hydrogens (tertiary/aromatic N) is 1. The van der Waals surface area contributed by atoms with Crippen LogP contribution in [0.15, 0.2) is 47.1 Å². The Morgan fingerprint density at radius 2 is 1.83 bits per heavy atom. The molecule has 5 rings (SSSR count).